The smallest absolute Gasteiger partial charge is 0.253 e. The molecule has 0 fully saturated rings. The number of amides is 1. The van der Waals surface area contributed by atoms with E-state index >= 15 is 0 Å². The fraction of sp³-hybridized carbons (Fsp3) is 0.214. The zero-order chi connectivity index (χ0) is 23.7. The third-order valence-corrected chi connectivity index (χ3v) is 7.29. The monoisotopic (exact) mass is 469 g/mol. The number of nitrogens with zero attached hydrogens (tertiary/aromatic N) is 3. The number of para-hydroxylation sites is 1. The van der Waals surface area contributed by atoms with Crippen LogP contribution in [0.5, 0.6) is 5.75 Å². The number of rotatable bonds is 6. The molecule has 3 aromatic carbocycles. The van der Waals surface area contributed by atoms with E-state index in [-0.39, 0.29) is 11.9 Å². The summed E-state index contributed by atoms with van der Waals surface area (Å²) in [6, 6.07) is 24.4. The van der Waals surface area contributed by atoms with Gasteiger partial charge in [-0.15, -0.1) is 11.8 Å². The van der Waals surface area contributed by atoms with Crippen LogP contribution in [0.4, 0.5) is 0 Å². The minimum absolute atomic E-state index is 0.00650. The van der Waals surface area contributed by atoms with E-state index in [0.717, 1.165) is 33.0 Å². The summed E-state index contributed by atoms with van der Waals surface area (Å²) in [5, 5.41) is 7.67. The van der Waals surface area contributed by atoms with Crippen molar-refractivity contribution in [3.63, 3.8) is 0 Å². The van der Waals surface area contributed by atoms with Crippen LogP contribution in [0, 0.1) is 6.92 Å². The molecule has 1 atom stereocenters. The Kier molecular flexibility index (Phi) is 6.16. The number of hydrazone groups is 1. The van der Waals surface area contributed by atoms with Crippen LogP contribution in [0.2, 0.25) is 0 Å². The maximum atomic E-state index is 13.5. The van der Waals surface area contributed by atoms with Gasteiger partial charge in [0, 0.05) is 35.5 Å². The molecule has 172 valence electrons. The lowest BCUT2D eigenvalue weighted by Crippen LogP contribution is -2.28. The Morgan fingerprint density at radius 3 is 2.53 bits per heavy atom. The molecule has 2 heterocycles. The van der Waals surface area contributed by atoms with Gasteiger partial charge in [0.05, 0.1) is 24.6 Å². The Morgan fingerprint density at radius 2 is 1.79 bits per heavy atom. The van der Waals surface area contributed by atoms with Crippen LogP contribution in [0.3, 0.4) is 0 Å². The summed E-state index contributed by atoms with van der Waals surface area (Å²) in [5.74, 6) is 1.14. The zero-order valence-electron chi connectivity index (χ0n) is 19.6. The molecule has 5 rings (SSSR count). The molecule has 34 heavy (non-hydrogen) atoms. The second-order valence-electron chi connectivity index (χ2n) is 8.55. The van der Waals surface area contributed by atoms with Gasteiger partial charge >= 0.3 is 0 Å². The highest BCUT2D eigenvalue weighted by Crippen LogP contribution is 2.35. The van der Waals surface area contributed by atoms with Gasteiger partial charge in [-0.1, -0.05) is 48.0 Å². The molecular formula is C28H27N3O2S. The van der Waals surface area contributed by atoms with Crippen LogP contribution in [-0.4, -0.2) is 34.1 Å². The highest BCUT2D eigenvalue weighted by Gasteiger charge is 2.33. The van der Waals surface area contributed by atoms with Crippen LogP contribution < -0.4 is 4.74 Å². The average Bonchev–Trinajstić information content (AvgIpc) is 3.45. The number of carbonyl (C=O) groups is 1. The van der Waals surface area contributed by atoms with Crippen molar-refractivity contribution >= 4 is 34.3 Å². The topological polar surface area (TPSA) is 46.8 Å². The summed E-state index contributed by atoms with van der Waals surface area (Å²) in [4.78, 5) is 14.6. The van der Waals surface area contributed by atoms with Crippen LogP contribution in [-0.2, 0) is 11.8 Å². The Balaban J connectivity index is 1.41. The highest BCUT2D eigenvalue weighted by atomic mass is 32.2. The first-order chi connectivity index (χ1) is 16.5. The summed E-state index contributed by atoms with van der Waals surface area (Å²) in [6.07, 6.45) is 2.77. The van der Waals surface area contributed by atoms with Crippen LogP contribution >= 0.6 is 11.8 Å². The number of methoxy groups -OCH3 is 1. The molecule has 0 N–H and O–H groups in total. The molecular weight excluding hydrogens is 442 g/mol. The molecule has 0 saturated carbocycles. The van der Waals surface area contributed by atoms with E-state index in [9.17, 15) is 4.79 Å². The molecule has 0 aliphatic carbocycles. The molecule has 0 saturated heterocycles. The van der Waals surface area contributed by atoms with Gasteiger partial charge < -0.3 is 9.30 Å². The quantitative estimate of drug-likeness (QED) is 0.327. The number of hydrogen-bond donors (Lipinski definition) is 0. The number of aryl methyl sites for hydroxylation is 2. The maximum absolute atomic E-state index is 13.5. The second kappa shape index (κ2) is 9.39. The first kappa shape index (κ1) is 22.3. The lowest BCUT2D eigenvalue weighted by atomic mass is 9.97. The van der Waals surface area contributed by atoms with Crippen LogP contribution in [0.1, 0.15) is 29.2 Å². The Hall–Kier alpha value is -3.51. The van der Waals surface area contributed by atoms with Gasteiger partial charge in [-0.3, -0.25) is 4.79 Å². The lowest BCUT2D eigenvalue weighted by molar-refractivity contribution is -0.130. The summed E-state index contributed by atoms with van der Waals surface area (Å²) >= 11 is 1.57. The van der Waals surface area contributed by atoms with Crippen molar-refractivity contribution in [2.75, 3.05) is 12.9 Å². The fourth-order valence-corrected chi connectivity index (χ4v) is 5.34. The Labute approximate surface area is 204 Å². The largest absolute Gasteiger partial charge is 0.497 e. The van der Waals surface area contributed by atoms with Crippen molar-refractivity contribution < 1.29 is 9.53 Å². The number of carbonyl (C=O) groups excluding carboxylic acids is 1. The fourth-order valence-electron chi connectivity index (χ4n) is 4.37. The molecule has 0 unspecified atom stereocenters. The van der Waals surface area contributed by atoms with Crippen molar-refractivity contribution in [1.82, 2.24) is 9.58 Å². The Morgan fingerprint density at radius 1 is 1.06 bits per heavy atom. The van der Waals surface area contributed by atoms with Gasteiger partial charge in [0.25, 0.3) is 5.91 Å². The van der Waals surface area contributed by atoms with Gasteiger partial charge in [-0.2, -0.15) is 5.10 Å². The molecule has 0 bridgehead atoms. The number of aromatic nitrogens is 1. The third kappa shape index (κ3) is 4.33. The van der Waals surface area contributed by atoms with Crippen LogP contribution in [0.25, 0.3) is 10.9 Å². The predicted molar refractivity (Wildman–Crippen MR) is 139 cm³/mol. The van der Waals surface area contributed by atoms with Crippen molar-refractivity contribution in [2.24, 2.45) is 12.1 Å². The molecule has 4 aromatic rings. The van der Waals surface area contributed by atoms with Crippen molar-refractivity contribution in [3.05, 3.63) is 95.7 Å². The third-order valence-electron chi connectivity index (χ3n) is 6.26. The van der Waals surface area contributed by atoms with Crippen molar-refractivity contribution in [3.8, 4) is 5.75 Å². The molecule has 5 nitrogen and oxygen atoms in total. The first-order valence-corrected chi connectivity index (χ1v) is 12.3. The van der Waals surface area contributed by atoms with E-state index in [4.69, 9.17) is 9.84 Å². The van der Waals surface area contributed by atoms with Gasteiger partial charge in [-0.05, 0) is 48.4 Å². The summed E-state index contributed by atoms with van der Waals surface area (Å²) < 4.78 is 7.39. The van der Waals surface area contributed by atoms with Gasteiger partial charge in [0.1, 0.15) is 5.75 Å². The zero-order valence-corrected chi connectivity index (χ0v) is 20.4. The van der Waals surface area contributed by atoms with Crippen LogP contribution in [0.15, 0.2) is 89.0 Å². The first-order valence-electron chi connectivity index (χ1n) is 11.3. The van der Waals surface area contributed by atoms with E-state index in [2.05, 4.69) is 54.1 Å². The number of fused-ring (bicyclic) bond motifs is 1. The normalized spacial score (nSPS) is 15.6. The molecule has 6 heteroatoms. The van der Waals surface area contributed by atoms with Gasteiger partial charge in [0.15, 0.2) is 0 Å². The minimum Gasteiger partial charge on any atom is -0.497 e. The Bertz CT molecular complexity index is 1360. The molecule has 1 aliphatic heterocycles. The van der Waals surface area contributed by atoms with E-state index in [0.29, 0.717) is 12.2 Å². The van der Waals surface area contributed by atoms with Crippen molar-refractivity contribution in [2.45, 2.75) is 24.3 Å². The predicted octanol–water partition coefficient (Wildman–Crippen LogP) is 5.97. The van der Waals surface area contributed by atoms with E-state index in [1.165, 1.54) is 10.9 Å². The highest BCUT2D eigenvalue weighted by molar-refractivity contribution is 8.00. The molecule has 0 spiro atoms. The minimum atomic E-state index is -0.113. The van der Waals surface area contributed by atoms with E-state index in [1.54, 1.807) is 23.9 Å². The molecule has 1 aliphatic rings. The summed E-state index contributed by atoms with van der Waals surface area (Å²) in [5.41, 5.74) is 5.38. The average molecular weight is 470 g/mol. The molecule has 1 aromatic heterocycles. The van der Waals surface area contributed by atoms with Gasteiger partial charge in [-0.25, -0.2) is 5.01 Å². The van der Waals surface area contributed by atoms with E-state index in [1.807, 2.05) is 43.4 Å². The number of hydrogen-bond acceptors (Lipinski definition) is 4. The summed E-state index contributed by atoms with van der Waals surface area (Å²) in [7, 11) is 3.69. The SMILES string of the molecule is COc1ccc(C2=NN(C(=O)CSc3cn(C)c4ccccc34)[C@@H](c3ccc(C)cc3)C2)cc1. The standard InChI is InChI=1S/C28H27N3O2S/c1-19-8-10-21(11-9-19)26-16-24(20-12-14-22(33-3)15-13-20)29-31(26)28(32)18-34-27-17-30(2)25-7-5-4-6-23(25)27/h4-15,17,26H,16,18H2,1-3H3/t26-/m1/s1. The van der Waals surface area contributed by atoms with E-state index < -0.39 is 0 Å². The maximum Gasteiger partial charge on any atom is 0.253 e. The molecule has 1 amide bonds. The van der Waals surface area contributed by atoms with Gasteiger partial charge in [0.2, 0.25) is 0 Å². The second-order valence-corrected chi connectivity index (χ2v) is 9.57. The van der Waals surface area contributed by atoms with Crippen molar-refractivity contribution in [1.29, 1.82) is 0 Å². The lowest BCUT2D eigenvalue weighted by Gasteiger charge is -2.22. The molecule has 0 radical (unpaired) electrons. The summed E-state index contributed by atoms with van der Waals surface area (Å²) in [6.45, 7) is 2.07. The number of thioether (sulfide) groups is 1. The number of ether oxygens (including phenoxy) is 1. The number of benzene rings is 3.